The standard InChI is InChI=1S/C25H23N3O6/c1-15(23(29)27-13-16-12-22(24(30)31)28-34-16)10-11-26-25(32)33-14-21-19-8-4-2-6-17(19)18-7-3-5-9-20(18)21/h2-10,12,21H,11,13-14H2,1H3,(H,26,32)(H,27,29)(H,30,31)/b15-10+. The van der Waals surface area contributed by atoms with Gasteiger partial charge in [0.05, 0.1) is 6.54 Å². The smallest absolute Gasteiger partial charge is 0.407 e. The summed E-state index contributed by atoms with van der Waals surface area (Å²) in [5.74, 6) is -1.41. The van der Waals surface area contributed by atoms with E-state index in [1.54, 1.807) is 13.0 Å². The minimum atomic E-state index is -1.21. The molecule has 3 N–H and O–H groups in total. The van der Waals surface area contributed by atoms with Crippen LogP contribution in [0.25, 0.3) is 11.1 Å². The molecule has 2 aromatic carbocycles. The molecular formula is C25H23N3O6. The number of carboxylic acid groups (broad SMARTS) is 1. The number of carbonyl (C=O) groups is 3. The zero-order chi connectivity index (χ0) is 24.1. The van der Waals surface area contributed by atoms with Crippen molar-refractivity contribution in [2.45, 2.75) is 19.4 Å². The monoisotopic (exact) mass is 461 g/mol. The lowest BCUT2D eigenvalue weighted by Gasteiger charge is -2.14. The number of ether oxygens (including phenoxy) is 1. The maximum atomic E-state index is 12.2. The molecule has 9 nitrogen and oxygen atoms in total. The number of hydrogen-bond acceptors (Lipinski definition) is 6. The van der Waals surface area contributed by atoms with E-state index in [0.717, 1.165) is 22.3 Å². The molecule has 0 unspecified atom stereocenters. The Labute approximate surface area is 195 Å². The largest absolute Gasteiger partial charge is 0.476 e. The maximum absolute atomic E-state index is 12.2. The zero-order valence-electron chi connectivity index (χ0n) is 18.4. The number of amides is 2. The number of aromatic nitrogens is 1. The number of nitrogens with zero attached hydrogens (tertiary/aromatic N) is 1. The number of carboxylic acids is 1. The minimum absolute atomic E-state index is 0.00982. The third-order valence-corrected chi connectivity index (χ3v) is 5.56. The zero-order valence-corrected chi connectivity index (χ0v) is 18.4. The highest BCUT2D eigenvalue weighted by Gasteiger charge is 2.28. The van der Waals surface area contributed by atoms with E-state index < -0.39 is 12.1 Å². The predicted molar refractivity (Wildman–Crippen MR) is 122 cm³/mol. The molecule has 0 spiro atoms. The molecule has 0 radical (unpaired) electrons. The average Bonchev–Trinajstić information content (AvgIpc) is 3.44. The highest BCUT2D eigenvalue weighted by Crippen LogP contribution is 2.44. The second-order valence-corrected chi connectivity index (χ2v) is 7.76. The molecule has 1 aromatic heterocycles. The Morgan fingerprint density at radius 2 is 1.71 bits per heavy atom. The van der Waals surface area contributed by atoms with Gasteiger partial charge in [-0.25, -0.2) is 9.59 Å². The third kappa shape index (κ3) is 4.98. The van der Waals surface area contributed by atoms with Crippen LogP contribution in [0.5, 0.6) is 0 Å². The summed E-state index contributed by atoms with van der Waals surface area (Å²) in [5, 5.41) is 17.4. The van der Waals surface area contributed by atoms with Gasteiger partial charge in [0.15, 0.2) is 11.5 Å². The molecule has 174 valence electrons. The quantitative estimate of drug-likeness (QED) is 0.438. The van der Waals surface area contributed by atoms with E-state index in [1.165, 1.54) is 6.07 Å². The lowest BCUT2D eigenvalue weighted by Crippen LogP contribution is -2.28. The number of rotatable bonds is 8. The summed E-state index contributed by atoms with van der Waals surface area (Å²) in [6.45, 7) is 1.90. The summed E-state index contributed by atoms with van der Waals surface area (Å²) in [6.07, 6.45) is 0.981. The van der Waals surface area contributed by atoms with Crippen LogP contribution < -0.4 is 10.6 Å². The number of aromatic carboxylic acids is 1. The van der Waals surface area contributed by atoms with Gasteiger partial charge in [-0.15, -0.1) is 0 Å². The van der Waals surface area contributed by atoms with Crippen molar-refractivity contribution in [3.63, 3.8) is 0 Å². The van der Waals surface area contributed by atoms with Gasteiger partial charge in [-0.05, 0) is 29.2 Å². The van der Waals surface area contributed by atoms with Gasteiger partial charge in [-0.3, -0.25) is 4.79 Å². The van der Waals surface area contributed by atoms with Crippen molar-refractivity contribution in [1.82, 2.24) is 15.8 Å². The molecule has 3 aromatic rings. The normalized spacial score (nSPS) is 12.6. The van der Waals surface area contributed by atoms with Crippen LogP contribution in [0.4, 0.5) is 4.79 Å². The van der Waals surface area contributed by atoms with E-state index in [9.17, 15) is 14.4 Å². The third-order valence-electron chi connectivity index (χ3n) is 5.56. The van der Waals surface area contributed by atoms with Crippen LogP contribution in [-0.4, -0.2) is 41.4 Å². The van der Waals surface area contributed by atoms with Crippen LogP contribution in [0, 0.1) is 0 Å². The Morgan fingerprint density at radius 3 is 2.32 bits per heavy atom. The minimum Gasteiger partial charge on any atom is -0.476 e. The van der Waals surface area contributed by atoms with Crippen LogP contribution >= 0.6 is 0 Å². The molecule has 0 fully saturated rings. The highest BCUT2D eigenvalue weighted by molar-refractivity contribution is 5.92. The van der Waals surface area contributed by atoms with Gasteiger partial charge in [0.2, 0.25) is 5.91 Å². The summed E-state index contributed by atoms with van der Waals surface area (Å²) in [6, 6.07) is 17.4. The number of fused-ring (bicyclic) bond motifs is 3. The lowest BCUT2D eigenvalue weighted by atomic mass is 9.98. The molecule has 2 amide bonds. The fourth-order valence-corrected chi connectivity index (χ4v) is 3.83. The van der Waals surface area contributed by atoms with Gasteiger partial charge >= 0.3 is 12.1 Å². The van der Waals surface area contributed by atoms with E-state index >= 15 is 0 Å². The van der Waals surface area contributed by atoms with E-state index in [4.69, 9.17) is 14.4 Å². The number of hydrogen-bond donors (Lipinski definition) is 3. The average molecular weight is 461 g/mol. The number of nitrogens with one attached hydrogen (secondary N) is 2. The number of benzene rings is 2. The highest BCUT2D eigenvalue weighted by atomic mass is 16.5. The Balaban J connectivity index is 1.25. The van der Waals surface area contributed by atoms with Crippen molar-refractivity contribution in [1.29, 1.82) is 0 Å². The van der Waals surface area contributed by atoms with Crippen LogP contribution in [0.1, 0.15) is 40.2 Å². The first-order chi connectivity index (χ1) is 16.4. The van der Waals surface area contributed by atoms with Gasteiger partial charge in [0.25, 0.3) is 0 Å². The van der Waals surface area contributed by atoms with Gasteiger partial charge in [0.1, 0.15) is 6.61 Å². The second-order valence-electron chi connectivity index (χ2n) is 7.76. The molecule has 9 heteroatoms. The van der Waals surface area contributed by atoms with Crippen molar-refractivity contribution in [2.75, 3.05) is 13.2 Å². The summed E-state index contributed by atoms with van der Waals surface area (Å²) in [7, 11) is 0. The molecule has 0 saturated carbocycles. The fraction of sp³-hybridized carbons (Fsp3) is 0.200. The number of carbonyl (C=O) groups excluding carboxylic acids is 2. The first kappa shape index (κ1) is 22.8. The maximum Gasteiger partial charge on any atom is 0.407 e. The summed E-state index contributed by atoms with van der Waals surface area (Å²) in [4.78, 5) is 35.2. The van der Waals surface area contributed by atoms with Crippen molar-refractivity contribution in [3.05, 3.63) is 88.8 Å². The lowest BCUT2D eigenvalue weighted by molar-refractivity contribution is -0.117. The van der Waals surface area contributed by atoms with Gasteiger partial charge < -0.3 is 25.0 Å². The molecular weight excluding hydrogens is 438 g/mol. The van der Waals surface area contributed by atoms with Crippen LogP contribution in [0.15, 0.2) is 70.8 Å². The van der Waals surface area contributed by atoms with Crippen molar-refractivity contribution >= 4 is 18.0 Å². The molecule has 0 atom stereocenters. The number of alkyl carbamates (subject to hydrolysis) is 1. The molecule has 1 aliphatic rings. The second kappa shape index (κ2) is 10.0. The van der Waals surface area contributed by atoms with Crippen molar-refractivity contribution in [2.24, 2.45) is 0 Å². The molecule has 4 rings (SSSR count). The van der Waals surface area contributed by atoms with Gasteiger partial charge in [-0.2, -0.15) is 0 Å². The molecule has 0 saturated heterocycles. The van der Waals surface area contributed by atoms with Crippen molar-refractivity contribution < 1.29 is 28.8 Å². The van der Waals surface area contributed by atoms with Crippen LogP contribution in [0.2, 0.25) is 0 Å². The Hall–Kier alpha value is -4.40. The fourth-order valence-electron chi connectivity index (χ4n) is 3.83. The topological polar surface area (TPSA) is 131 Å². The first-order valence-corrected chi connectivity index (χ1v) is 10.7. The molecule has 0 bridgehead atoms. The van der Waals surface area contributed by atoms with E-state index in [2.05, 4.69) is 27.9 Å². The summed E-state index contributed by atoms with van der Waals surface area (Å²) >= 11 is 0. The molecule has 1 aliphatic carbocycles. The summed E-state index contributed by atoms with van der Waals surface area (Å²) in [5.41, 5.74) is 4.71. The van der Waals surface area contributed by atoms with Gasteiger partial charge in [0, 0.05) is 24.1 Å². The molecule has 34 heavy (non-hydrogen) atoms. The van der Waals surface area contributed by atoms with Crippen molar-refractivity contribution in [3.8, 4) is 11.1 Å². The summed E-state index contributed by atoms with van der Waals surface area (Å²) < 4.78 is 10.3. The Bertz CT molecular complexity index is 1220. The van der Waals surface area contributed by atoms with Crippen LogP contribution in [0.3, 0.4) is 0 Å². The van der Waals surface area contributed by atoms with E-state index in [-0.39, 0.29) is 43.0 Å². The Morgan fingerprint density at radius 1 is 1.06 bits per heavy atom. The van der Waals surface area contributed by atoms with E-state index in [0.29, 0.717) is 5.57 Å². The molecule has 0 aliphatic heterocycles. The Kier molecular flexibility index (Phi) is 6.72. The van der Waals surface area contributed by atoms with E-state index in [1.807, 2.05) is 36.4 Å². The predicted octanol–water partition coefficient (Wildman–Crippen LogP) is 3.47. The van der Waals surface area contributed by atoms with Gasteiger partial charge in [-0.1, -0.05) is 59.8 Å². The van der Waals surface area contributed by atoms with Crippen LogP contribution in [-0.2, 0) is 16.1 Å². The molecule has 1 heterocycles. The first-order valence-electron chi connectivity index (χ1n) is 10.7. The SMILES string of the molecule is C/C(=C\CNC(=O)OCC1c2ccccc2-c2ccccc21)C(=O)NCc1cc(C(=O)O)no1.